The van der Waals surface area contributed by atoms with E-state index in [0.717, 1.165) is 16.5 Å². The first-order valence-corrected chi connectivity index (χ1v) is 7.03. The maximum atomic E-state index is 11.1. The van der Waals surface area contributed by atoms with Gasteiger partial charge in [-0.3, -0.25) is 4.79 Å². The first-order valence-electron chi connectivity index (χ1n) is 7.03. The van der Waals surface area contributed by atoms with Gasteiger partial charge in [0.05, 0.1) is 11.5 Å². The van der Waals surface area contributed by atoms with E-state index in [1.54, 1.807) is 13.8 Å². The molecule has 0 aliphatic carbocycles. The predicted octanol–water partition coefficient (Wildman–Crippen LogP) is 1.90. The Morgan fingerprint density at radius 3 is 2.71 bits per heavy atom. The SMILES string of the molecule is CC(C)(CC(O)C(N)Cc1c[nH]c2ccccc12)C(=O)O. The smallest absolute Gasteiger partial charge is 0.309 e. The van der Waals surface area contributed by atoms with Gasteiger partial charge in [0.2, 0.25) is 0 Å². The van der Waals surface area contributed by atoms with Crippen molar-refractivity contribution in [1.82, 2.24) is 4.98 Å². The summed E-state index contributed by atoms with van der Waals surface area (Å²) in [5.74, 6) is -0.930. The number of nitrogens with one attached hydrogen (secondary N) is 1. The van der Waals surface area contributed by atoms with Gasteiger partial charge in [0.25, 0.3) is 0 Å². The molecule has 2 aromatic rings. The standard InChI is InChI=1S/C16H22N2O3/c1-16(2,15(20)21)8-14(19)12(17)7-10-9-18-13-6-4-3-5-11(10)13/h3-6,9,12,14,18-19H,7-8,17H2,1-2H3,(H,20,21). The van der Waals surface area contributed by atoms with E-state index >= 15 is 0 Å². The fraction of sp³-hybridized carbons (Fsp3) is 0.438. The summed E-state index contributed by atoms with van der Waals surface area (Å²) in [6, 6.07) is 7.39. The van der Waals surface area contributed by atoms with Crippen molar-refractivity contribution in [2.75, 3.05) is 0 Å². The largest absolute Gasteiger partial charge is 0.481 e. The number of para-hydroxylation sites is 1. The fourth-order valence-corrected chi connectivity index (χ4v) is 2.45. The Bertz CT molecular complexity index is 633. The normalized spacial score (nSPS) is 15.0. The zero-order chi connectivity index (χ0) is 15.6. The molecule has 5 N–H and O–H groups in total. The van der Waals surface area contributed by atoms with Gasteiger partial charge in [-0.05, 0) is 38.3 Å². The van der Waals surface area contributed by atoms with Crippen LogP contribution in [-0.2, 0) is 11.2 Å². The second kappa shape index (κ2) is 5.87. The number of carbonyl (C=O) groups is 1. The topological polar surface area (TPSA) is 99.3 Å². The van der Waals surface area contributed by atoms with E-state index in [1.807, 2.05) is 30.5 Å². The quantitative estimate of drug-likeness (QED) is 0.653. The second-order valence-corrected chi connectivity index (χ2v) is 6.19. The van der Waals surface area contributed by atoms with Crippen molar-refractivity contribution in [2.24, 2.45) is 11.1 Å². The molecule has 0 aliphatic rings. The molecule has 0 bridgehead atoms. The first-order chi connectivity index (χ1) is 9.81. The fourth-order valence-electron chi connectivity index (χ4n) is 2.45. The average molecular weight is 290 g/mol. The zero-order valence-corrected chi connectivity index (χ0v) is 12.3. The van der Waals surface area contributed by atoms with Gasteiger partial charge in [0, 0.05) is 23.1 Å². The van der Waals surface area contributed by atoms with Gasteiger partial charge in [0.15, 0.2) is 0 Å². The summed E-state index contributed by atoms with van der Waals surface area (Å²) in [6.07, 6.45) is 1.66. The monoisotopic (exact) mass is 290 g/mol. The minimum Gasteiger partial charge on any atom is -0.481 e. The van der Waals surface area contributed by atoms with Gasteiger partial charge in [-0.25, -0.2) is 0 Å². The van der Waals surface area contributed by atoms with Crippen molar-refractivity contribution < 1.29 is 15.0 Å². The molecule has 2 unspecified atom stereocenters. The third kappa shape index (κ3) is 3.43. The minimum absolute atomic E-state index is 0.131. The van der Waals surface area contributed by atoms with Crippen LogP contribution in [0.5, 0.6) is 0 Å². The van der Waals surface area contributed by atoms with Crippen molar-refractivity contribution in [3.8, 4) is 0 Å². The number of hydrogen-bond acceptors (Lipinski definition) is 3. The van der Waals surface area contributed by atoms with Gasteiger partial charge in [-0.2, -0.15) is 0 Å². The van der Waals surface area contributed by atoms with Crippen molar-refractivity contribution >= 4 is 16.9 Å². The van der Waals surface area contributed by atoms with Crippen LogP contribution in [0, 0.1) is 5.41 Å². The highest BCUT2D eigenvalue weighted by Gasteiger charge is 2.32. The van der Waals surface area contributed by atoms with E-state index in [1.165, 1.54) is 0 Å². The summed E-state index contributed by atoms with van der Waals surface area (Å²) < 4.78 is 0. The number of carboxylic acids is 1. The first kappa shape index (κ1) is 15.5. The molecular weight excluding hydrogens is 268 g/mol. The van der Waals surface area contributed by atoms with Gasteiger partial charge in [0.1, 0.15) is 0 Å². The highest BCUT2D eigenvalue weighted by molar-refractivity contribution is 5.83. The Morgan fingerprint density at radius 2 is 2.05 bits per heavy atom. The number of aliphatic hydroxyl groups excluding tert-OH is 1. The number of H-pyrrole nitrogens is 1. The molecule has 5 nitrogen and oxygen atoms in total. The maximum Gasteiger partial charge on any atom is 0.309 e. The summed E-state index contributed by atoms with van der Waals surface area (Å²) in [6.45, 7) is 3.19. The minimum atomic E-state index is -0.989. The number of hydrogen-bond donors (Lipinski definition) is 4. The lowest BCUT2D eigenvalue weighted by Gasteiger charge is -2.26. The van der Waals surface area contributed by atoms with E-state index in [2.05, 4.69) is 4.98 Å². The lowest BCUT2D eigenvalue weighted by molar-refractivity contribution is -0.148. The van der Waals surface area contributed by atoms with E-state index in [9.17, 15) is 9.90 Å². The van der Waals surface area contributed by atoms with Crippen LogP contribution in [0.1, 0.15) is 25.8 Å². The van der Waals surface area contributed by atoms with Gasteiger partial charge < -0.3 is 20.9 Å². The van der Waals surface area contributed by atoms with Crippen LogP contribution in [0.25, 0.3) is 10.9 Å². The van der Waals surface area contributed by atoms with E-state index in [4.69, 9.17) is 10.8 Å². The molecule has 0 saturated carbocycles. The highest BCUT2D eigenvalue weighted by atomic mass is 16.4. The van der Waals surface area contributed by atoms with Crippen molar-refractivity contribution in [3.05, 3.63) is 36.0 Å². The average Bonchev–Trinajstić information content (AvgIpc) is 2.81. The molecule has 114 valence electrons. The van der Waals surface area contributed by atoms with Crippen molar-refractivity contribution in [2.45, 2.75) is 38.8 Å². The summed E-state index contributed by atoms with van der Waals surface area (Å²) in [7, 11) is 0. The van der Waals surface area contributed by atoms with Gasteiger partial charge in [-0.1, -0.05) is 18.2 Å². The number of aromatic amines is 1. The Hall–Kier alpha value is -1.85. The van der Waals surface area contributed by atoms with E-state index < -0.39 is 23.5 Å². The second-order valence-electron chi connectivity index (χ2n) is 6.19. The van der Waals surface area contributed by atoms with Crippen LogP contribution in [0.2, 0.25) is 0 Å². The maximum absolute atomic E-state index is 11.1. The Labute approximate surface area is 123 Å². The lowest BCUT2D eigenvalue weighted by atomic mass is 9.84. The van der Waals surface area contributed by atoms with Gasteiger partial charge >= 0.3 is 5.97 Å². The third-order valence-electron chi connectivity index (χ3n) is 3.92. The van der Waals surface area contributed by atoms with Crippen LogP contribution in [0.4, 0.5) is 0 Å². The summed E-state index contributed by atoms with van der Waals surface area (Å²) in [4.78, 5) is 14.3. The Morgan fingerprint density at radius 1 is 1.38 bits per heavy atom. The number of carboxylic acid groups (broad SMARTS) is 1. The van der Waals surface area contributed by atoms with Crippen LogP contribution < -0.4 is 5.73 Å². The molecule has 0 radical (unpaired) electrons. The lowest BCUT2D eigenvalue weighted by Crippen LogP contribution is -2.41. The van der Waals surface area contributed by atoms with Crippen LogP contribution >= 0.6 is 0 Å². The summed E-state index contributed by atoms with van der Waals surface area (Å²) >= 11 is 0. The van der Waals surface area contributed by atoms with Crippen LogP contribution in [0.15, 0.2) is 30.5 Å². The zero-order valence-electron chi connectivity index (χ0n) is 12.3. The molecule has 0 amide bonds. The Balaban J connectivity index is 2.07. The number of fused-ring (bicyclic) bond motifs is 1. The molecule has 0 saturated heterocycles. The van der Waals surface area contributed by atoms with Crippen molar-refractivity contribution in [3.63, 3.8) is 0 Å². The van der Waals surface area contributed by atoms with Crippen molar-refractivity contribution in [1.29, 1.82) is 0 Å². The summed E-state index contributed by atoms with van der Waals surface area (Å²) in [5.41, 5.74) is 7.12. The molecule has 0 fully saturated rings. The number of rotatable bonds is 6. The molecule has 0 spiro atoms. The molecule has 1 aromatic heterocycles. The van der Waals surface area contributed by atoms with Gasteiger partial charge in [-0.15, -0.1) is 0 Å². The third-order valence-corrected chi connectivity index (χ3v) is 3.92. The molecular formula is C16H22N2O3. The van der Waals surface area contributed by atoms with Crippen LogP contribution in [-0.4, -0.2) is 33.3 Å². The molecule has 5 heteroatoms. The predicted molar refractivity (Wildman–Crippen MR) is 82.0 cm³/mol. The number of benzene rings is 1. The molecule has 2 atom stereocenters. The highest BCUT2D eigenvalue weighted by Crippen LogP contribution is 2.25. The van der Waals surface area contributed by atoms with E-state index in [0.29, 0.717) is 6.42 Å². The number of aromatic nitrogens is 1. The molecule has 1 aromatic carbocycles. The number of nitrogens with two attached hydrogens (primary N) is 1. The number of aliphatic hydroxyl groups is 1. The molecule has 1 heterocycles. The molecule has 0 aliphatic heterocycles. The summed E-state index contributed by atoms with van der Waals surface area (Å²) in [5, 5.41) is 20.4. The van der Waals surface area contributed by atoms with Crippen LogP contribution in [0.3, 0.4) is 0 Å². The Kier molecular flexibility index (Phi) is 4.34. The molecule has 2 rings (SSSR count). The molecule has 21 heavy (non-hydrogen) atoms. The van der Waals surface area contributed by atoms with E-state index in [-0.39, 0.29) is 6.42 Å². The number of aliphatic carboxylic acids is 1.